The van der Waals surface area contributed by atoms with Gasteiger partial charge in [0.05, 0.1) is 0 Å². The molecule has 6 nitrogen and oxygen atoms in total. The average Bonchev–Trinajstić information content (AvgIpc) is 3.24. The SMILES string of the molecule is Cc1ccc(-c2nn[nH]n2)cc1-c1ccc(NC(=O)c2c(F)cccc2F)cc1.[Na]. The van der Waals surface area contributed by atoms with Crippen molar-refractivity contribution in [1.29, 1.82) is 0 Å². The van der Waals surface area contributed by atoms with Crippen LogP contribution in [0.5, 0.6) is 0 Å². The van der Waals surface area contributed by atoms with Crippen LogP contribution >= 0.6 is 0 Å². The Hall–Kier alpha value is -2.94. The molecule has 0 aliphatic carbocycles. The molecule has 0 bridgehead atoms. The molecule has 0 saturated carbocycles. The molecule has 30 heavy (non-hydrogen) atoms. The summed E-state index contributed by atoms with van der Waals surface area (Å²) in [7, 11) is 0. The standard InChI is InChI=1S/C21H15F2N5O.Na/c1-12-5-6-14(20-25-27-28-26-20)11-16(12)13-7-9-15(10-8-13)24-21(29)19-17(22)3-2-4-18(19)23;/h2-11H,1H3,(H,24,29)(H,25,26,27,28);. The van der Waals surface area contributed by atoms with Crippen molar-refractivity contribution in [2.75, 3.05) is 5.32 Å². The molecule has 1 amide bonds. The Morgan fingerprint density at radius 2 is 1.63 bits per heavy atom. The number of halogens is 2. The van der Waals surface area contributed by atoms with E-state index >= 15 is 0 Å². The number of hydrogen-bond donors (Lipinski definition) is 2. The van der Waals surface area contributed by atoms with Gasteiger partial charge in [-0.2, -0.15) is 5.21 Å². The van der Waals surface area contributed by atoms with Crippen molar-refractivity contribution in [2.24, 2.45) is 0 Å². The van der Waals surface area contributed by atoms with E-state index in [-0.39, 0.29) is 29.6 Å². The minimum atomic E-state index is -0.909. The van der Waals surface area contributed by atoms with Crippen LogP contribution in [0.3, 0.4) is 0 Å². The van der Waals surface area contributed by atoms with E-state index in [9.17, 15) is 13.6 Å². The zero-order valence-electron chi connectivity index (χ0n) is 16.3. The summed E-state index contributed by atoms with van der Waals surface area (Å²) in [4.78, 5) is 12.2. The molecule has 4 rings (SSSR count). The molecular weight excluding hydrogens is 399 g/mol. The second-order valence-corrected chi connectivity index (χ2v) is 6.39. The first kappa shape index (κ1) is 21.8. The third-order valence-electron chi connectivity index (χ3n) is 4.48. The van der Waals surface area contributed by atoms with Crippen molar-refractivity contribution in [1.82, 2.24) is 20.6 Å². The van der Waals surface area contributed by atoms with E-state index in [1.165, 1.54) is 6.07 Å². The second kappa shape index (κ2) is 9.25. The molecule has 0 aliphatic heterocycles. The predicted octanol–water partition coefficient (Wildman–Crippen LogP) is 3.99. The average molecular weight is 414 g/mol. The van der Waals surface area contributed by atoms with E-state index < -0.39 is 23.1 Å². The number of rotatable bonds is 4. The first-order chi connectivity index (χ1) is 14.0. The van der Waals surface area contributed by atoms with Crippen molar-refractivity contribution < 1.29 is 13.6 Å². The quantitative estimate of drug-likeness (QED) is 0.495. The van der Waals surface area contributed by atoms with Gasteiger partial charge in [0.25, 0.3) is 5.91 Å². The summed E-state index contributed by atoms with van der Waals surface area (Å²) < 4.78 is 27.5. The van der Waals surface area contributed by atoms with Crippen LogP contribution < -0.4 is 5.32 Å². The maximum atomic E-state index is 13.8. The summed E-state index contributed by atoms with van der Waals surface area (Å²) in [5.41, 5.74) is 3.54. The number of benzene rings is 3. The molecule has 2 N–H and O–H groups in total. The van der Waals surface area contributed by atoms with E-state index in [1.807, 2.05) is 37.3 Å². The third-order valence-corrected chi connectivity index (χ3v) is 4.48. The van der Waals surface area contributed by atoms with Gasteiger partial charge < -0.3 is 5.32 Å². The van der Waals surface area contributed by atoms with Gasteiger partial charge in [0.1, 0.15) is 17.2 Å². The number of nitrogens with zero attached hydrogens (tertiary/aromatic N) is 3. The van der Waals surface area contributed by atoms with Crippen LogP contribution in [-0.4, -0.2) is 56.1 Å². The molecule has 0 atom stereocenters. The van der Waals surface area contributed by atoms with Crippen LogP contribution in [0.15, 0.2) is 60.7 Å². The molecule has 145 valence electrons. The molecule has 3 aromatic carbocycles. The number of anilines is 1. The fraction of sp³-hybridized carbons (Fsp3) is 0.0476. The maximum absolute atomic E-state index is 13.8. The molecule has 0 aliphatic rings. The van der Waals surface area contributed by atoms with Crippen LogP contribution in [0.2, 0.25) is 0 Å². The Balaban J connectivity index is 0.00000256. The number of nitrogens with one attached hydrogen (secondary N) is 2. The number of aryl methyl sites for hydroxylation is 1. The molecule has 4 aromatic rings. The van der Waals surface area contributed by atoms with Crippen LogP contribution in [0.1, 0.15) is 15.9 Å². The van der Waals surface area contributed by atoms with Gasteiger partial charge >= 0.3 is 0 Å². The van der Waals surface area contributed by atoms with Crippen LogP contribution in [0, 0.1) is 18.6 Å². The number of hydrogen-bond acceptors (Lipinski definition) is 4. The first-order valence-electron chi connectivity index (χ1n) is 8.73. The fourth-order valence-corrected chi connectivity index (χ4v) is 3.00. The monoisotopic (exact) mass is 414 g/mol. The Morgan fingerprint density at radius 3 is 2.27 bits per heavy atom. The molecule has 9 heteroatoms. The van der Waals surface area contributed by atoms with Crippen LogP contribution in [-0.2, 0) is 0 Å². The van der Waals surface area contributed by atoms with E-state index in [2.05, 4.69) is 25.9 Å². The summed E-state index contributed by atoms with van der Waals surface area (Å²) >= 11 is 0. The van der Waals surface area contributed by atoms with Gasteiger partial charge in [-0.15, -0.1) is 10.2 Å². The third kappa shape index (κ3) is 4.46. The largest absolute Gasteiger partial charge is 0.322 e. The molecule has 0 saturated heterocycles. The van der Waals surface area contributed by atoms with E-state index in [1.54, 1.807) is 12.1 Å². The Bertz CT molecular complexity index is 1160. The smallest absolute Gasteiger partial charge is 0.261 e. The van der Waals surface area contributed by atoms with Gasteiger partial charge in [0, 0.05) is 40.8 Å². The topological polar surface area (TPSA) is 83.6 Å². The summed E-state index contributed by atoms with van der Waals surface area (Å²) in [6.07, 6.45) is 0. The van der Waals surface area contributed by atoms with Gasteiger partial charge in [0.2, 0.25) is 5.82 Å². The van der Waals surface area contributed by atoms with Gasteiger partial charge in [-0.25, -0.2) is 8.78 Å². The summed E-state index contributed by atoms with van der Waals surface area (Å²) in [5, 5.41) is 16.5. The number of carbonyl (C=O) groups is 1. The Kier molecular flexibility index (Phi) is 6.71. The number of H-pyrrole nitrogens is 1. The van der Waals surface area contributed by atoms with Crippen molar-refractivity contribution in [2.45, 2.75) is 6.92 Å². The zero-order chi connectivity index (χ0) is 20.4. The van der Waals surface area contributed by atoms with Gasteiger partial charge in [-0.3, -0.25) is 4.79 Å². The van der Waals surface area contributed by atoms with Crippen molar-refractivity contribution in [3.8, 4) is 22.5 Å². The number of amides is 1. The van der Waals surface area contributed by atoms with Crippen molar-refractivity contribution in [3.63, 3.8) is 0 Å². The minimum absolute atomic E-state index is 0. The molecule has 0 fully saturated rings. The minimum Gasteiger partial charge on any atom is -0.322 e. The fourth-order valence-electron chi connectivity index (χ4n) is 3.00. The molecular formula is C21H15F2N5NaO. The maximum Gasteiger partial charge on any atom is 0.261 e. The predicted molar refractivity (Wildman–Crippen MR) is 110 cm³/mol. The van der Waals surface area contributed by atoms with Crippen LogP contribution in [0.4, 0.5) is 14.5 Å². The van der Waals surface area contributed by atoms with Crippen molar-refractivity contribution in [3.05, 3.63) is 83.4 Å². The normalized spacial score (nSPS) is 10.4. The number of tetrazole rings is 1. The Morgan fingerprint density at radius 1 is 0.967 bits per heavy atom. The Labute approximate surface area is 193 Å². The van der Waals surface area contributed by atoms with Gasteiger partial charge in [0.15, 0.2) is 0 Å². The second-order valence-electron chi connectivity index (χ2n) is 6.39. The number of carbonyl (C=O) groups excluding carboxylic acids is 1. The first-order valence-corrected chi connectivity index (χ1v) is 8.73. The zero-order valence-corrected chi connectivity index (χ0v) is 18.3. The van der Waals surface area contributed by atoms with E-state index in [0.717, 1.165) is 34.4 Å². The van der Waals surface area contributed by atoms with Crippen molar-refractivity contribution >= 4 is 41.2 Å². The van der Waals surface area contributed by atoms with Gasteiger partial charge in [-0.1, -0.05) is 30.3 Å². The van der Waals surface area contributed by atoms with E-state index in [0.29, 0.717) is 11.5 Å². The number of aromatic amines is 1. The molecule has 1 aromatic heterocycles. The summed E-state index contributed by atoms with van der Waals surface area (Å²) in [6.45, 7) is 1.98. The molecule has 0 unspecified atom stereocenters. The molecule has 1 radical (unpaired) electrons. The molecule has 1 heterocycles. The van der Waals surface area contributed by atoms with E-state index in [4.69, 9.17) is 0 Å². The van der Waals surface area contributed by atoms with Crippen LogP contribution in [0.25, 0.3) is 22.5 Å². The van der Waals surface area contributed by atoms with Gasteiger partial charge in [-0.05, 0) is 59.2 Å². The number of aromatic nitrogens is 4. The summed E-state index contributed by atoms with van der Waals surface area (Å²) in [6, 6.07) is 16.1. The molecule has 0 spiro atoms. The summed E-state index contributed by atoms with van der Waals surface area (Å²) in [5.74, 6) is -2.17.